The van der Waals surface area contributed by atoms with Crippen LogP contribution in [0, 0.1) is 13.7 Å². The topological polar surface area (TPSA) is 64.4 Å². The summed E-state index contributed by atoms with van der Waals surface area (Å²) in [4.78, 5) is 10.1. The molecule has 1 rings (SSSR count). The van der Waals surface area contributed by atoms with Gasteiger partial charge in [0, 0.05) is 35.0 Å². The van der Waals surface area contributed by atoms with E-state index in [1.165, 1.54) is 12.1 Å². The van der Waals surface area contributed by atoms with Crippen LogP contribution in [0.1, 0.15) is 0 Å². The molecule has 0 saturated heterocycles. The number of nitro groups is 1. The minimum Gasteiger partial charge on any atom is -0.383 e. The average Bonchev–Trinajstić information content (AvgIpc) is 2.20. The van der Waals surface area contributed by atoms with E-state index in [1.54, 1.807) is 13.2 Å². The summed E-state index contributed by atoms with van der Waals surface area (Å²) in [5.74, 6) is 0. The third-order valence-corrected chi connectivity index (χ3v) is 2.68. The van der Waals surface area contributed by atoms with Crippen LogP contribution in [0.4, 0.5) is 11.4 Å². The molecule has 0 bridgehead atoms. The lowest BCUT2D eigenvalue weighted by molar-refractivity contribution is -0.384. The van der Waals surface area contributed by atoms with Crippen molar-refractivity contribution in [2.24, 2.45) is 0 Å². The summed E-state index contributed by atoms with van der Waals surface area (Å²) in [6.07, 6.45) is 0. The number of anilines is 1. The van der Waals surface area contributed by atoms with E-state index in [0.29, 0.717) is 13.2 Å². The molecule has 0 aliphatic carbocycles. The molecule has 15 heavy (non-hydrogen) atoms. The Morgan fingerprint density at radius 2 is 2.33 bits per heavy atom. The summed E-state index contributed by atoms with van der Waals surface area (Å²) in [5, 5.41) is 13.6. The number of benzene rings is 1. The van der Waals surface area contributed by atoms with E-state index in [-0.39, 0.29) is 5.69 Å². The van der Waals surface area contributed by atoms with E-state index in [0.717, 1.165) is 9.26 Å². The van der Waals surface area contributed by atoms with Gasteiger partial charge < -0.3 is 10.1 Å². The van der Waals surface area contributed by atoms with Gasteiger partial charge in [-0.2, -0.15) is 0 Å². The van der Waals surface area contributed by atoms with Gasteiger partial charge in [-0.05, 0) is 28.7 Å². The van der Waals surface area contributed by atoms with Gasteiger partial charge in [-0.25, -0.2) is 0 Å². The second-order valence-electron chi connectivity index (χ2n) is 2.84. The second-order valence-corrected chi connectivity index (χ2v) is 4.00. The number of rotatable bonds is 5. The Balaban J connectivity index is 2.70. The van der Waals surface area contributed by atoms with Crippen LogP contribution in [-0.4, -0.2) is 25.2 Å². The molecule has 0 saturated carbocycles. The molecule has 82 valence electrons. The Bertz CT molecular complexity index is 357. The van der Waals surface area contributed by atoms with Crippen molar-refractivity contribution < 1.29 is 9.66 Å². The van der Waals surface area contributed by atoms with Crippen molar-refractivity contribution in [2.45, 2.75) is 0 Å². The lowest BCUT2D eigenvalue weighted by Gasteiger charge is -2.07. The summed E-state index contributed by atoms with van der Waals surface area (Å²) in [6.45, 7) is 1.29. The van der Waals surface area contributed by atoms with Gasteiger partial charge in [0.05, 0.1) is 11.5 Å². The standard InChI is InChI=1S/C9H11IN2O3/c1-15-5-4-11-9-3-2-7(12(13)14)6-8(9)10/h2-3,6,11H,4-5H2,1H3. The Kier molecular flexibility index (Phi) is 4.76. The van der Waals surface area contributed by atoms with Crippen molar-refractivity contribution in [2.75, 3.05) is 25.6 Å². The van der Waals surface area contributed by atoms with Crippen LogP contribution < -0.4 is 5.32 Å². The molecular weight excluding hydrogens is 311 g/mol. The first-order valence-electron chi connectivity index (χ1n) is 4.32. The van der Waals surface area contributed by atoms with Gasteiger partial charge in [0.2, 0.25) is 0 Å². The molecule has 1 aromatic rings. The first kappa shape index (κ1) is 12.2. The van der Waals surface area contributed by atoms with Crippen LogP contribution in [0.3, 0.4) is 0 Å². The molecule has 0 aromatic heterocycles. The van der Waals surface area contributed by atoms with Crippen molar-refractivity contribution in [3.05, 3.63) is 31.9 Å². The van der Waals surface area contributed by atoms with Crippen LogP contribution in [0.15, 0.2) is 18.2 Å². The summed E-state index contributed by atoms with van der Waals surface area (Å²) >= 11 is 2.06. The average molecular weight is 322 g/mol. The van der Waals surface area contributed by atoms with E-state index in [9.17, 15) is 10.1 Å². The summed E-state index contributed by atoms with van der Waals surface area (Å²) in [7, 11) is 1.63. The number of nitro benzene ring substituents is 1. The fourth-order valence-corrected chi connectivity index (χ4v) is 1.74. The van der Waals surface area contributed by atoms with Crippen molar-refractivity contribution in [3.8, 4) is 0 Å². The zero-order valence-corrected chi connectivity index (χ0v) is 10.4. The highest BCUT2D eigenvalue weighted by molar-refractivity contribution is 14.1. The number of non-ortho nitro benzene ring substituents is 1. The molecule has 0 atom stereocenters. The third kappa shape index (κ3) is 3.63. The van der Waals surface area contributed by atoms with Gasteiger partial charge in [0.25, 0.3) is 5.69 Å². The number of nitrogens with zero attached hydrogens (tertiary/aromatic N) is 1. The second kappa shape index (κ2) is 5.86. The van der Waals surface area contributed by atoms with Crippen molar-refractivity contribution >= 4 is 34.0 Å². The highest BCUT2D eigenvalue weighted by atomic mass is 127. The number of ether oxygens (including phenoxy) is 1. The van der Waals surface area contributed by atoms with Gasteiger partial charge in [0.1, 0.15) is 0 Å². The maximum absolute atomic E-state index is 10.5. The zero-order valence-electron chi connectivity index (χ0n) is 8.20. The maximum atomic E-state index is 10.5. The van der Waals surface area contributed by atoms with Crippen molar-refractivity contribution in [3.63, 3.8) is 0 Å². The number of hydrogen-bond donors (Lipinski definition) is 1. The first-order valence-corrected chi connectivity index (χ1v) is 5.39. The maximum Gasteiger partial charge on any atom is 0.270 e. The van der Waals surface area contributed by atoms with Gasteiger partial charge in [-0.1, -0.05) is 0 Å². The molecule has 0 heterocycles. The molecule has 1 N–H and O–H groups in total. The molecular formula is C9H11IN2O3. The van der Waals surface area contributed by atoms with Crippen LogP contribution in [0.5, 0.6) is 0 Å². The number of methoxy groups -OCH3 is 1. The van der Waals surface area contributed by atoms with E-state index >= 15 is 0 Å². The lowest BCUT2D eigenvalue weighted by Crippen LogP contribution is -2.08. The van der Waals surface area contributed by atoms with Crippen LogP contribution in [-0.2, 0) is 4.74 Å². The lowest BCUT2D eigenvalue weighted by atomic mass is 10.3. The van der Waals surface area contributed by atoms with Crippen LogP contribution in [0.25, 0.3) is 0 Å². The Hall–Kier alpha value is -0.890. The minimum atomic E-state index is -0.402. The molecule has 0 fully saturated rings. The molecule has 6 heteroatoms. The van der Waals surface area contributed by atoms with Crippen molar-refractivity contribution in [1.82, 2.24) is 0 Å². The van der Waals surface area contributed by atoms with E-state index in [4.69, 9.17) is 4.74 Å². The fourth-order valence-electron chi connectivity index (χ4n) is 1.05. The molecule has 0 spiro atoms. The number of halogens is 1. The predicted octanol–water partition coefficient (Wildman–Crippen LogP) is 2.26. The van der Waals surface area contributed by atoms with Gasteiger partial charge in [-0.3, -0.25) is 10.1 Å². The Morgan fingerprint density at radius 3 is 2.87 bits per heavy atom. The molecule has 0 aliphatic heterocycles. The van der Waals surface area contributed by atoms with Crippen LogP contribution in [0.2, 0.25) is 0 Å². The molecule has 1 aromatic carbocycles. The quantitative estimate of drug-likeness (QED) is 0.391. The molecule has 0 unspecified atom stereocenters. The molecule has 0 amide bonds. The monoisotopic (exact) mass is 322 g/mol. The Labute approximate surface area is 101 Å². The highest BCUT2D eigenvalue weighted by Gasteiger charge is 2.08. The fraction of sp³-hybridized carbons (Fsp3) is 0.333. The number of hydrogen-bond acceptors (Lipinski definition) is 4. The normalized spacial score (nSPS) is 10.0. The molecule has 0 aliphatic rings. The number of nitrogens with one attached hydrogen (secondary N) is 1. The van der Waals surface area contributed by atoms with Gasteiger partial charge >= 0.3 is 0 Å². The van der Waals surface area contributed by atoms with E-state index in [1.807, 2.05) is 0 Å². The highest BCUT2D eigenvalue weighted by Crippen LogP contribution is 2.23. The van der Waals surface area contributed by atoms with Crippen LogP contribution >= 0.6 is 22.6 Å². The first-order chi connectivity index (χ1) is 7.15. The Morgan fingerprint density at radius 1 is 1.60 bits per heavy atom. The third-order valence-electron chi connectivity index (χ3n) is 1.79. The summed E-state index contributed by atoms with van der Waals surface area (Å²) < 4.78 is 5.72. The smallest absolute Gasteiger partial charge is 0.270 e. The summed E-state index contributed by atoms with van der Waals surface area (Å²) in [5.41, 5.74) is 0.995. The largest absolute Gasteiger partial charge is 0.383 e. The summed E-state index contributed by atoms with van der Waals surface area (Å²) in [6, 6.07) is 4.72. The van der Waals surface area contributed by atoms with Gasteiger partial charge in [-0.15, -0.1) is 0 Å². The zero-order chi connectivity index (χ0) is 11.3. The van der Waals surface area contributed by atoms with E-state index in [2.05, 4.69) is 27.9 Å². The van der Waals surface area contributed by atoms with Gasteiger partial charge in [0.15, 0.2) is 0 Å². The predicted molar refractivity (Wildman–Crippen MR) is 66.2 cm³/mol. The van der Waals surface area contributed by atoms with E-state index < -0.39 is 4.92 Å². The SMILES string of the molecule is COCCNc1ccc([N+](=O)[O-])cc1I. The minimum absolute atomic E-state index is 0.108. The molecule has 5 nitrogen and oxygen atoms in total. The van der Waals surface area contributed by atoms with Crippen molar-refractivity contribution in [1.29, 1.82) is 0 Å². The molecule has 0 radical (unpaired) electrons.